The summed E-state index contributed by atoms with van der Waals surface area (Å²) >= 11 is 0. The molecule has 2 amide bonds. The lowest BCUT2D eigenvalue weighted by atomic mass is 10.1. The van der Waals surface area contributed by atoms with Crippen LogP contribution < -0.4 is 4.74 Å². The van der Waals surface area contributed by atoms with Gasteiger partial charge in [-0.25, -0.2) is 0 Å². The van der Waals surface area contributed by atoms with Crippen LogP contribution in [0.4, 0.5) is 0 Å². The minimum Gasteiger partial charge on any atom is -0.497 e. The Kier molecular flexibility index (Phi) is 4.83. The van der Waals surface area contributed by atoms with E-state index >= 15 is 0 Å². The van der Waals surface area contributed by atoms with Crippen molar-refractivity contribution in [3.05, 3.63) is 29.8 Å². The third-order valence-electron chi connectivity index (χ3n) is 3.96. The number of methoxy groups -OCH3 is 1. The molecule has 1 aromatic carbocycles. The van der Waals surface area contributed by atoms with Crippen molar-refractivity contribution in [2.24, 2.45) is 0 Å². The zero-order valence-electron chi connectivity index (χ0n) is 12.8. The first-order chi connectivity index (χ1) is 10.0. The molecule has 114 valence electrons. The van der Waals surface area contributed by atoms with E-state index in [1.54, 1.807) is 30.9 Å². The number of ether oxygens (including phenoxy) is 1. The Bertz CT molecular complexity index is 530. The first-order valence-electron chi connectivity index (χ1n) is 7.20. The lowest BCUT2D eigenvalue weighted by molar-refractivity contribution is -0.149. The highest BCUT2D eigenvalue weighted by atomic mass is 16.5. The van der Waals surface area contributed by atoms with E-state index in [4.69, 9.17) is 4.74 Å². The van der Waals surface area contributed by atoms with Crippen LogP contribution in [-0.4, -0.2) is 54.9 Å². The summed E-state index contributed by atoms with van der Waals surface area (Å²) in [5, 5.41) is 0. The Morgan fingerprint density at radius 2 is 2.14 bits per heavy atom. The molecular formula is C16H22N2O3. The average molecular weight is 290 g/mol. The second-order valence-corrected chi connectivity index (χ2v) is 5.37. The van der Waals surface area contributed by atoms with Crippen LogP contribution in [0.25, 0.3) is 0 Å². The Balaban J connectivity index is 1.94. The van der Waals surface area contributed by atoms with E-state index in [2.05, 4.69) is 0 Å². The summed E-state index contributed by atoms with van der Waals surface area (Å²) in [5.41, 5.74) is 1.07. The minimum atomic E-state index is -0.360. The molecular weight excluding hydrogens is 268 g/mol. The lowest BCUT2D eigenvalue weighted by Crippen LogP contribution is -2.56. The van der Waals surface area contributed by atoms with Gasteiger partial charge in [0.15, 0.2) is 0 Å². The van der Waals surface area contributed by atoms with Crippen LogP contribution in [0.1, 0.15) is 18.9 Å². The maximum absolute atomic E-state index is 12.3. The molecule has 1 aliphatic heterocycles. The zero-order valence-corrected chi connectivity index (χ0v) is 12.8. The third kappa shape index (κ3) is 3.54. The summed E-state index contributed by atoms with van der Waals surface area (Å²) in [6.07, 6.45) is 1.07. The number of aryl methyl sites for hydroxylation is 1. The molecule has 5 nitrogen and oxygen atoms in total. The third-order valence-corrected chi connectivity index (χ3v) is 3.96. The smallest absolute Gasteiger partial charge is 0.244 e. The van der Waals surface area contributed by atoms with Gasteiger partial charge in [0.1, 0.15) is 11.8 Å². The summed E-state index contributed by atoms with van der Waals surface area (Å²) in [6, 6.07) is 7.36. The molecule has 0 aliphatic carbocycles. The molecule has 5 heteroatoms. The second kappa shape index (κ2) is 6.61. The molecule has 1 fully saturated rings. The van der Waals surface area contributed by atoms with Crippen LogP contribution in [0.2, 0.25) is 0 Å². The second-order valence-electron chi connectivity index (χ2n) is 5.37. The monoisotopic (exact) mass is 290 g/mol. The van der Waals surface area contributed by atoms with Gasteiger partial charge < -0.3 is 14.5 Å². The Hall–Kier alpha value is -2.04. The average Bonchev–Trinajstić information content (AvgIpc) is 2.50. The SMILES string of the molecule is COc1cccc(CCC(=O)N2CCN(C)C(=O)C2C)c1. The summed E-state index contributed by atoms with van der Waals surface area (Å²) in [7, 11) is 3.40. The van der Waals surface area contributed by atoms with Crippen LogP contribution in [0.15, 0.2) is 24.3 Å². The summed E-state index contributed by atoms with van der Waals surface area (Å²) < 4.78 is 5.18. The molecule has 0 radical (unpaired) electrons. The van der Waals surface area contributed by atoms with E-state index in [0.29, 0.717) is 25.9 Å². The summed E-state index contributed by atoms with van der Waals surface area (Å²) in [6.45, 7) is 3.01. The quantitative estimate of drug-likeness (QED) is 0.840. The largest absolute Gasteiger partial charge is 0.497 e. The standard InChI is InChI=1S/C16H22N2O3/c1-12-16(20)17(2)9-10-18(12)15(19)8-7-13-5-4-6-14(11-13)21-3/h4-6,11-12H,7-10H2,1-3H3. The van der Waals surface area contributed by atoms with Crippen molar-refractivity contribution in [3.63, 3.8) is 0 Å². The van der Waals surface area contributed by atoms with Gasteiger partial charge in [-0.1, -0.05) is 12.1 Å². The molecule has 1 aliphatic rings. The van der Waals surface area contributed by atoms with E-state index in [0.717, 1.165) is 11.3 Å². The van der Waals surface area contributed by atoms with Crippen LogP contribution >= 0.6 is 0 Å². The molecule has 1 unspecified atom stereocenters. The first-order valence-corrected chi connectivity index (χ1v) is 7.20. The van der Waals surface area contributed by atoms with Gasteiger partial charge in [0.25, 0.3) is 0 Å². The Morgan fingerprint density at radius 3 is 2.86 bits per heavy atom. The van der Waals surface area contributed by atoms with Crippen molar-refractivity contribution in [2.75, 3.05) is 27.2 Å². The van der Waals surface area contributed by atoms with Crippen molar-refractivity contribution in [1.82, 2.24) is 9.80 Å². The van der Waals surface area contributed by atoms with E-state index in [9.17, 15) is 9.59 Å². The lowest BCUT2D eigenvalue weighted by Gasteiger charge is -2.37. The van der Waals surface area contributed by atoms with Crippen LogP contribution in [-0.2, 0) is 16.0 Å². The highest BCUT2D eigenvalue weighted by Crippen LogP contribution is 2.16. The molecule has 0 bridgehead atoms. The number of nitrogens with zero attached hydrogens (tertiary/aromatic N) is 2. The van der Waals surface area contributed by atoms with Crippen molar-refractivity contribution in [1.29, 1.82) is 0 Å². The topological polar surface area (TPSA) is 49.9 Å². The highest BCUT2D eigenvalue weighted by molar-refractivity contribution is 5.88. The maximum Gasteiger partial charge on any atom is 0.244 e. The van der Waals surface area contributed by atoms with Gasteiger partial charge in [0, 0.05) is 26.6 Å². The van der Waals surface area contributed by atoms with E-state index in [1.807, 2.05) is 24.3 Å². The molecule has 2 rings (SSSR count). The molecule has 0 N–H and O–H groups in total. The number of piperazine rings is 1. The van der Waals surface area contributed by atoms with E-state index < -0.39 is 0 Å². The Labute approximate surface area is 125 Å². The fraction of sp³-hybridized carbons (Fsp3) is 0.500. The van der Waals surface area contributed by atoms with E-state index in [1.165, 1.54) is 0 Å². The molecule has 0 spiro atoms. The fourth-order valence-electron chi connectivity index (χ4n) is 2.58. The van der Waals surface area contributed by atoms with Gasteiger partial charge >= 0.3 is 0 Å². The van der Waals surface area contributed by atoms with Crippen LogP contribution in [0.3, 0.4) is 0 Å². The number of hydrogen-bond acceptors (Lipinski definition) is 3. The van der Waals surface area contributed by atoms with Crippen molar-refractivity contribution in [3.8, 4) is 5.75 Å². The minimum absolute atomic E-state index is 0.0102. The zero-order chi connectivity index (χ0) is 15.4. The van der Waals surface area contributed by atoms with Crippen LogP contribution in [0.5, 0.6) is 5.75 Å². The number of carbonyl (C=O) groups is 2. The normalized spacial score (nSPS) is 18.8. The molecule has 1 atom stereocenters. The molecule has 0 saturated carbocycles. The van der Waals surface area contributed by atoms with Gasteiger partial charge in [-0.3, -0.25) is 9.59 Å². The van der Waals surface area contributed by atoms with Crippen molar-refractivity contribution >= 4 is 11.8 Å². The van der Waals surface area contributed by atoms with Gasteiger partial charge in [-0.15, -0.1) is 0 Å². The molecule has 0 aromatic heterocycles. The number of carbonyl (C=O) groups excluding carboxylic acids is 2. The van der Waals surface area contributed by atoms with Crippen molar-refractivity contribution in [2.45, 2.75) is 25.8 Å². The van der Waals surface area contributed by atoms with Gasteiger partial charge in [-0.05, 0) is 31.0 Å². The molecule has 1 aromatic rings. The molecule has 1 heterocycles. The number of hydrogen-bond donors (Lipinski definition) is 0. The van der Waals surface area contributed by atoms with Crippen LogP contribution in [0, 0.1) is 0 Å². The van der Waals surface area contributed by atoms with Gasteiger partial charge in [0.2, 0.25) is 11.8 Å². The summed E-state index contributed by atoms with van der Waals surface area (Å²) in [5.74, 6) is 0.839. The van der Waals surface area contributed by atoms with Crippen molar-refractivity contribution < 1.29 is 14.3 Å². The van der Waals surface area contributed by atoms with E-state index in [-0.39, 0.29) is 17.9 Å². The molecule has 1 saturated heterocycles. The number of amides is 2. The predicted octanol–water partition coefficient (Wildman–Crippen LogP) is 1.32. The maximum atomic E-state index is 12.3. The number of likely N-dealkylation sites (N-methyl/N-ethyl adjacent to an activating group) is 1. The summed E-state index contributed by atoms with van der Waals surface area (Å²) in [4.78, 5) is 27.6. The number of rotatable bonds is 4. The highest BCUT2D eigenvalue weighted by Gasteiger charge is 2.31. The fourth-order valence-corrected chi connectivity index (χ4v) is 2.58. The Morgan fingerprint density at radius 1 is 1.38 bits per heavy atom. The first kappa shape index (κ1) is 15.4. The van der Waals surface area contributed by atoms with Gasteiger partial charge in [0.05, 0.1) is 7.11 Å². The predicted molar refractivity (Wildman–Crippen MR) is 80.1 cm³/mol. The van der Waals surface area contributed by atoms with Gasteiger partial charge in [-0.2, -0.15) is 0 Å². The molecule has 21 heavy (non-hydrogen) atoms. The number of benzene rings is 1.